The average Bonchev–Trinajstić information content (AvgIpc) is 3.24. The number of anilines is 1. The van der Waals surface area contributed by atoms with Gasteiger partial charge in [-0.3, -0.25) is 14.9 Å². The van der Waals surface area contributed by atoms with Crippen molar-refractivity contribution in [2.75, 3.05) is 11.9 Å². The van der Waals surface area contributed by atoms with Gasteiger partial charge in [0.15, 0.2) is 5.13 Å². The van der Waals surface area contributed by atoms with Crippen LogP contribution in [0.3, 0.4) is 0 Å². The first-order valence-corrected chi connectivity index (χ1v) is 9.99. The van der Waals surface area contributed by atoms with Gasteiger partial charge in [-0.1, -0.05) is 25.2 Å². The van der Waals surface area contributed by atoms with Crippen LogP contribution in [-0.2, 0) is 17.8 Å². The van der Waals surface area contributed by atoms with E-state index < -0.39 is 0 Å². The minimum atomic E-state index is -0.132. The lowest BCUT2D eigenvalue weighted by atomic mass is 10.0. The summed E-state index contributed by atoms with van der Waals surface area (Å²) < 4.78 is 0. The Labute approximate surface area is 149 Å². The predicted molar refractivity (Wildman–Crippen MR) is 97.6 cm³/mol. The first-order chi connectivity index (χ1) is 11.6. The quantitative estimate of drug-likeness (QED) is 0.879. The number of carbonyl (C=O) groups is 2. The molecular formula is C17H21N3O2S2. The largest absolute Gasteiger partial charge is 0.337 e. The number of thiophene rings is 1. The molecule has 0 aliphatic carbocycles. The number of hydrogen-bond acceptors (Lipinski definition) is 5. The van der Waals surface area contributed by atoms with Crippen LogP contribution in [0.2, 0.25) is 0 Å². The second-order valence-electron chi connectivity index (χ2n) is 5.88. The third-order valence-electron chi connectivity index (χ3n) is 4.38. The van der Waals surface area contributed by atoms with Gasteiger partial charge in [0, 0.05) is 29.1 Å². The molecule has 0 bridgehead atoms. The first kappa shape index (κ1) is 17.1. The molecule has 0 aromatic carbocycles. The van der Waals surface area contributed by atoms with Gasteiger partial charge in [0.2, 0.25) is 5.91 Å². The van der Waals surface area contributed by atoms with E-state index in [1.165, 1.54) is 22.7 Å². The molecule has 3 heterocycles. The lowest BCUT2D eigenvalue weighted by molar-refractivity contribution is -0.136. The van der Waals surface area contributed by atoms with Gasteiger partial charge in [-0.15, -0.1) is 0 Å². The van der Waals surface area contributed by atoms with Crippen molar-refractivity contribution in [2.24, 2.45) is 5.92 Å². The lowest BCUT2D eigenvalue weighted by Gasteiger charge is -2.29. The van der Waals surface area contributed by atoms with E-state index in [0.29, 0.717) is 23.8 Å². The number of nitrogens with one attached hydrogen (secondary N) is 1. The summed E-state index contributed by atoms with van der Waals surface area (Å²) in [5.41, 5.74) is 1.66. The molecule has 7 heteroatoms. The highest BCUT2D eigenvalue weighted by atomic mass is 32.1. The maximum Gasteiger partial charge on any atom is 0.258 e. The molecule has 2 aromatic heterocycles. The van der Waals surface area contributed by atoms with E-state index in [2.05, 4.69) is 24.1 Å². The van der Waals surface area contributed by atoms with Crippen LogP contribution in [0.5, 0.6) is 0 Å². The molecule has 1 N–H and O–H groups in total. The van der Waals surface area contributed by atoms with Crippen molar-refractivity contribution in [1.82, 2.24) is 9.88 Å². The molecule has 0 fully saturated rings. The molecule has 3 rings (SSSR count). The van der Waals surface area contributed by atoms with Crippen LogP contribution < -0.4 is 5.32 Å². The van der Waals surface area contributed by atoms with Crippen molar-refractivity contribution in [3.63, 3.8) is 0 Å². The molecule has 1 aliphatic rings. The average molecular weight is 364 g/mol. The van der Waals surface area contributed by atoms with E-state index >= 15 is 0 Å². The van der Waals surface area contributed by atoms with Crippen LogP contribution in [0.25, 0.3) is 0 Å². The molecule has 5 nitrogen and oxygen atoms in total. The second kappa shape index (κ2) is 7.44. The van der Waals surface area contributed by atoms with Gasteiger partial charge >= 0.3 is 0 Å². The van der Waals surface area contributed by atoms with Gasteiger partial charge in [-0.05, 0) is 24.3 Å². The van der Waals surface area contributed by atoms with Crippen LogP contribution in [0.4, 0.5) is 5.13 Å². The Morgan fingerprint density at radius 3 is 2.83 bits per heavy atom. The summed E-state index contributed by atoms with van der Waals surface area (Å²) in [6.45, 7) is 5.44. The summed E-state index contributed by atoms with van der Waals surface area (Å²) >= 11 is 2.97. The standard InChI is InChI=1S/C17H21N3O2S2/c1-3-11(4-2)16(22)20-7-5-13-14(9-20)24-17(18-13)19-15(21)12-6-8-23-10-12/h6,8,10-11H,3-5,7,9H2,1-2H3,(H,18,19,21). The monoisotopic (exact) mass is 363 g/mol. The maximum absolute atomic E-state index is 12.6. The van der Waals surface area contributed by atoms with E-state index in [0.717, 1.165) is 29.8 Å². The number of hydrogen-bond donors (Lipinski definition) is 1. The Hall–Kier alpha value is -1.73. The Morgan fingerprint density at radius 2 is 2.17 bits per heavy atom. The fourth-order valence-corrected chi connectivity index (χ4v) is 4.55. The number of fused-ring (bicyclic) bond motifs is 1. The molecule has 0 saturated heterocycles. The summed E-state index contributed by atoms with van der Waals surface area (Å²) in [5.74, 6) is 0.215. The van der Waals surface area contributed by atoms with Crippen LogP contribution >= 0.6 is 22.7 Å². The van der Waals surface area contributed by atoms with E-state index in [1.54, 1.807) is 6.07 Å². The van der Waals surface area contributed by atoms with E-state index in [-0.39, 0.29) is 17.7 Å². The fraction of sp³-hybridized carbons (Fsp3) is 0.471. The third-order valence-corrected chi connectivity index (χ3v) is 6.06. The highest BCUT2D eigenvalue weighted by Crippen LogP contribution is 2.30. The van der Waals surface area contributed by atoms with Crippen molar-refractivity contribution in [2.45, 2.75) is 39.7 Å². The molecule has 0 saturated carbocycles. The van der Waals surface area contributed by atoms with Crippen molar-refractivity contribution in [1.29, 1.82) is 0 Å². The minimum Gasteiger partial charge on any atom is -0.337 e. The Bertz CT molecular complexity index is 720. The zero-order chi connectivity index (χ0) is 17.1. The SMILES string of the molecule is CCC(CC)C(=O)N1CCc2nc(NC(=O)c3ccsc3)sc2C1. The molecule has 2 amide bonds. The maximum atomic E-state index is 12.6. The second-order valence-corrected chi connectivity index (χ2v) is 7.74. The molecule has 0 radical (unpaired) electrons. The molecule has 2 aromatic rings. The van der Waals surface area contributed by atoms with Crippen molar-refractivity contribution >= 4 is 39.6 Å². The number of amides is 2. The van der Waals surface area contributed by atoms with Crippen LogP contribution in [-0.4, -0.2) is 28.2 Å². The lowest BCUT2D eigenvalue weighted by Crippen LogP contribution is -2.39. The van der Waals surface area contributed by atoms with Crippen molar-refractivity contribution in [3.05, 3.63) is 33.0 Å². The molecule has 128 valence electrons. The number of aromatic nitrogens is 1. The predicted octanol–water partition coefficient (Wildman–Crippen LogP) is 3.78. The van der Waals surface area contributed by atoms with Gasteiger partial charge in [-0.25, -0.2) is 4.98 Å². The third kappa shape index (κ3) is 3.52. The summed E-state index contributed by atoms with van der Waals surface area (Å²) in [6, 6.07) is 1.80. The Balaban J connectivity index is 1.68. The zero-order valence-corrected chi connectivity index (χ0v) is 15.5. The summed E-state index contributed by atoms with van der Waals surface area (Å²) in [5, 5.41) is 7.18. The van der Waals surface area contributed by atoms with E-state index in [1.807, 2.05) is 15.7 Å². The van der Waals surface area contributed by atoms with Gasteiger partial charge < -0.3 is 4.90 Å². The Kier molecular flexibility index (Phi) is 5.30. The molecule has 0 spiro atoms. The number of thiazole rings is 1. The fourth-order valence-electron chi connectivity index (χ4n) is 2.90. The van der Waals surface area contributed by atoms with E-state index in [4.69, 9.17) is 0 Å². The summed E-state index contributed by atoms with van der Waals surface area (Å²) in [7, 11) is 0. The summed E-state index contributed by atoms with van der Waals surface area (Å²) in [4.78, 5) is 32.2. The highest BCUT2D eigenvalue weighted by Gasteiger charge is 2.27. The van der Waals surface area contributed by atoms with Crippen LogP contribution in [0, 0.1) is 5.92 Å². The summed E-state index contributed by atoms with van der Waals surface area (Å²) in [6.07, 6.45) is 2.51. The topological polar surface area (TPSA) is 62.3 Å². The minimum absolute atomic E-state index is 0.109. The van der Waals surface area contributed by atoms with Gasteiger partial charge in [-0.2, -0.15) is 11.3 Å². The molecular weight excluding hydrogens is 342 g/mol. The molecule has 24 heavy (non-hydrogen) atoms. The first-order valence-electron chi connectivity index (χ1n) is 8.23. The van der Waals surface area contributed by atoms with Gasteiger partial charge in [0.05, 0.1) is 17.8 Å². The zero-order valence-electron chi connectivity index (χ0n) is 13.9. The number of rotatable bonds is 5. The Morgan fingerprint density at radius 1 is 1.38 bits per heavy atom. The molecule has 0 atom stereocenters. The van der Waals surface area contributed by atoms with E-state index in [9.17, 15) is 9.59 Å². The number of nitrogens with zero attached hydrogens (tertiary/aromatic N) is 2. The molecule has 1 aliphatic heterocycles. The smallest absolute Gasteiger partial charge is 0.258 e. The normalized spacial score (nSPS) is 13.9. The van der Waals surface area contributed by atoms with Crippen LogP contribution in [0.15, 0.2) is 16.8 Å². The van der Waals surface area contributed by atoms with Gasteiger partial charge in [0.25, 0.3) is 5.91 Å². The van der Waals surface area contributed by atoms with Crippen molar-refractivity contribution < 1.29 is 9.59 Å². The van der Waals surface area contributed by atoms with Crippen LogP contribution in [0.1, 0.15) is 47.6 Å². The van der Waals surface area contributed by atoms with Gasteiger partial charge in [0.1, 0.15) is 0 Å². The van der Waals surface area contributed by atoms with Crippen molar-refractivity contribution in [3.8, 4) is 0 Å². The molecule has 0 unspecified atom stereocenters. The number of carbonyl (C=O) groups excluding carboxylic acids is 2. The highest BCUT2D eigenvalue weighted by molar-refractivity contribution is 7.16.